The summed E-state index contributed by atoms with van der Waals surface area (Å²) in [6.45, 7) is 2.36. The van der Waals surface area contributed by atoms with Gasteiger partial charge in [0.15, 0.2) is 0 Å². The van der Waals surface area contributed by atoms with E-state index in [2.05, 4.69) is 0 Å². The Morgan fingerprint density at radius 1 is 0.964 bits per heavy atom. The second-order valence-corrected chi connectivity index (χ2v) is 7.65. The zero-order valence-electron chi connectivity index (χ0n) is 16.5. The van der Waals surface area contributed by atoms with Gasteiger partial charge in [0.25, 0.3) is 11.8 Å². The highest BCUT2D eigenvalue weighted by atomic mass is 16.5. The van der Waals surface area contributed by atoms with Crippen molar-refractivity contribution in [1.29, 1.82) is 0 Å². The molecule has 6 heteroatoms. The number of hydrogen-bond donors (Lipinski definition) is 0. The number of methoxy groups -OCH3 is 1. The lowest BCUT2D eigenvalue weighted by atomic mass is 10.0. The SMILES string of the molecule is COc1ccccc1C1=C(N2CCOCC2)C(=O)N(C2CCCCCC2)C1=O. The van der Waals surface area contributed by atoms with E-state index in [9.17, 15) is 9.59 Å². The number of carbonyl (C=O) groups is 2. The van der Waals surface area contributed by atoms with Gasteiger partial charge in [0.05, 0.1) is 25.9 Å². The van der Waals surface area contributed by atoms with Gasteiger partial charge < -0.3 is 14.4 Å². The predicted octanol–water partition coefficient (Wildman–Crippen LogP) is 2.83. The van der Waals surface area contributed by atoms with Gasteiger partial charge in [0, 0.05) is 24.7 Å². The van der Waals surface area contributed by atoms with Crippen LogP contribution in [0.4, 0.5) is 0 Å². The van der Waals surface area contributed by atoms with E-state index in [1.165, 1.54) is 17.7 Å². The first kappa shape index (κ1) is 19.0. The van der Waals surface area contributed by atoms with Gasteiger partial charge in [-0.05, 0) is 18.9 Å². The first-order valence-electron chi connectivity index (χ1n) is 10.3. The zero-order valence-corrected chi connectivity index (χ0v) is 16.5. The number of morpholine rings is 1. The van der Waals surface area contributed by atoms with E-state index in [1.807, 2.05) is 29.2 Å². The number of hydrogen-bond acceptors (Lipinski definition) is 5. The molecule has 0 radical (unpaired) electrons. The monoisotopic (exact) mass is 384 g/mol. The lowest BCUT2D eigenvalue weighted by molar-refractivity contribution is -0.140. The maximum absolute atomic E-state index is 13.6. The number of benzene rings is 1. The fourth-order valence-electron chi connectivity index (χ4n) is 4.56. The molecule has 4 rings (SSSR count). The van der Waals surface area contributed by atoms with Crippen LogP contribution in [0.15, 0.2) is 30.0 Å². The number of para-hydroxylation sites is 1. The van der Waals surface area contributed by atoms with Gasteiger partial charge in [-0.25, -0.2) is 0 Å². The Morgan fingerprint density at radius 2 is 1.64 bits per heavy atom. The highest BCUT2D eigenvalue weighted by Crippen LogP contribution is 2.38. The molecular weight excluding hydrogens is 356 g/mol. The number of rotatable bonds is 4. The van der Waals surface area contributed by atoms with Crippen molar-refractivity contribution in [3.8, 4) is 5.75 Å². The highest BCUT2D eigenvalue weighted by molar-refractivity contribution is 6.36. The molecule has 2 fully saturated rings. The highest BCUT2D eigenvalue weighted by Gasteiger charge is 2.45. The number of imide groups is 1. The van der Waals surface area contributed by atoms with E-state index in [0.29, 0.717) is 48.9 Å². The van der Waals surface area contributed by atoms with E-state index >= 15 is 0 Å². The van der Waals surface area contributed by atoms with E-state index in [0.717, 1.165) is 25.7 Å². The second-order valence-electron chi connectivity index (χ2n) is 7.65. The second kappa shape index (κ2) is 8.35. The topological polar surface area (TPSA) is 59.1 Å². The van der Waals surface area contributed by atoms with Crippen LogP contribution in [0.1, 0.15) is 44.1 Å². The summed E-state index contributed by atoms with van der Waals surface area (Å²) in [7, 11) is 1.60. The van der Waals surface area contributed by atoms with Crippen molar-refractivity contribution in [1.82, 2.24) is 9.80 Å². The van der Waals surface area contributed by atoms with Crippen molar-refractivity contribution in [2.45, 2.75) is 44.6 Å². The third-order valence-corrected chi connectivity index (χ3v) is 5.98. The summed E-state index contributed by atoms with van der Waals surface area (Å²) in [6, 6.07) is 7.46. The van der Waals surface area contributed by atoms with Crippen LogP contribution in [-0.4, -0.2) is 61.1 Å². The molecule has 0 spiro atoms. The molecule has 1 aromatic carbocycles. The Morgan fingerprint density at radius 3 is 2.32 bits per heavy atom. The molecule has 1 saturated carbocycles. The number of carbonyl (C=O) groups excluding carboxylic acids is 2. The van der Waals surface area contributed by atoms with E-state index in [1.54, 1.807) is 7.11 Å². The molecule has 28 heavy (non-hydrogen) atoms. The van der Waals surface area contributed by atoms with Crippen LogP contribution in [0.5, 0.6) is 5.75 Å². The summed E-state index contributed by atoms with van der Waals surface area (Å²) in [5.74, 6) is 0.287. The molecule has 2 aliphatic heterocycles. The fraction of sp³-hybridized carbons (Fsp3) is 0.545. The third kappa shape index (κ3) is 3.41. The minimum absolute atomic E-state index is 0.00857. The molecule has 0 unspecified atom stereocenters. The number of ether oxygens (including phenoxy) is 2. The van der Waals surface area contributed by atoms with Crippen LogP contribution in [0.2, 0.25) is 0 Å². The Bertz CT molecular complexity index is 774. The molecule has 0 N–H and O–H groups in total. The molecule has 1 aromatic rings. The van der Waals surface area contributed by atoms with Gasteiger partial charge in [-0.15, -0.1) is 0 Å². The minimum atomic E-state index is -0.178. The Balaban J connectivity index is 1.78. The van der Waals surface area contributed by atoms with Crippen LogP contribution < -0.4 is 4.74 Å². The van der Waals surface area contributed by atoms with Crippen LogP contribution >= 0.6 is 0 Å². The van der Waals surface area contributed by atoms with Gasteiger partial charge in [0.1, 0.15) is 11.4 Å². The normalized spacial score (nSPS) is 22.0. The Kier molecular flexibility index (Phi) is 5.67. The molecule has 1 saturated heterocycles. The molecule has 2 amide bonds. The molecule has 2 heterocycles. The number of amides is 2. The lowest BCUT2D eigenvalue weighted by Gasteiger charge is -2.31. The van der Waals surface area contributed by atoms with Crippen molar-refractivity contribution in [3.63, 3.8) is 0 Å². The molecule has 3 aliphatic rings. The van der Waals surface area contributed by atoms with Gasteiger partial charge in [-0.2, -0.15) is 0 Å². The molecule has 1 aliphatic carbocycles. The maximum Gasteiger partial charge on any atom is 0.278 e. The van der Waals surface area contributed by atoms with Crippen LogP contribution in [-0.2, 0) is 14.3 Å². The fourth-order valence-corrected chi connectivity index (χ4v) is 4.56. The zero-order chi connectivity index (χ0) is 19.5. The molecule has 150 valence electrons. The average Bonchev–Trinajstić information content (AvgIpc) is 2.89. The summed E-state index contributed by atoms with van der Waals surface area (Å²) in [5, 5.41) is 0. The lowest BCUT2D eigenvalue weighted by Crippen LogP contribution is -2.44. The van der Waals surface area contributed by atoms with Crippen molar-refractivity contribution in [2.24, 2.45) is 0 Å². The summed E-state index contributed by atoms with van der Waals surface area (Å²) >= 11 is 0. The quantitative estimate of drug-likeness (QED) is 0.590. The molecule has 0 aromatic heterocycles. The predicted molar refractivity (Wildman–Crippen MR) is 106 cm³/mol. The molecular formula is C22H28N2O4. The molecule has 0 bridgehead atoms. The Labute approximate surface area is 166 Å². The standard InChI is InChI=1S/C22H28N2O4/c1-27-18-11-7-6-10-17(18)19-20(23-12-14-28-15-13-23)22(26)24(21(19)25)16-8-4-2-3-5-9-16/h6-7,10-11,16H,2-5,8-9,12-15H2,1H3. The summed E-state index contributed by atoms with van der Waals surface area (Å²) < 4.78 is 11.0. The van der Waals surface area contributed by atoms with E-state index in [-0.39, 0.29) is 17.9 Å². The average molecular weight is 384 g/mol. The van der Waals surface area contributed by atoms with Gasteiger partial charge in [0.2, 0.25) is 0 Å². The van der Waals surface area contributed by atoms with Crippen molar-refractivity contribution in [2.75, 3.05) is 33.4 Å². The smallest absolute Gasteiger partial charge is 0.278 e. The van der Waals surface area contributed by atoms with E-state index in [4.69, 9.17) is 9.47 Å². The van der Waals surface area contributed by atoms with Crippen LogP contribution in [0, 0.1) is 0 Å². The third-order valence-electron chi connectivity index (χ3n) is 5.98. The van der Waals surface area contributed by atoms with Crippen LogP contribution in [0.25, 0.3) is 5.57 Å². The first-order valence-corrected chi connectivity index (χ1v) is 10.3. The summed E-state index contributed by atoms with van der Waals surface area (Å²) in [5.41, 5.74) is 1.69. The molecule has 6 nitrogen and oxygen atoms in total. The van der Waals surface area contributed by atoms with Gasteiger partial charge >= 0.3 is 0 Å². The maximum atomic E-state index is 13.6. The van der Waals surface area contributed by atoms with Crippen molar-refractivity contribution in [3.05, 3.63) is 35.5 Å². The minimum Gasteiger partial charge on any atom is -0.496 e. The van der Waals surface area contributed by atoms with Crippen molar-refractivity contribution < 1.29 is 19.1 Å². The van der Waals surface area contributed by atoms with Gasteiger partial charge in [-0.1, -0.05) is 43.9 Å². The van der Waals surface area contributed by atoms with Crippen LogP contribution in [0.3, 0.4) is 0 Å². The summed E-state index contributed by atoms with van der Waals surface area (Å²) in [6.07, 6.45) is 6.28. The van der Waals surface area contributed by atoms with Crippen molar-refractivity contribution >= 4 is 17.4 Å². The first-order chi connectivity index (χ1) is 13.7. The van der Waals surface area contributed by atoms with E-state index < -0.39 is 0 Å². The Hall–Kier alpha value is -2.34. The molecule has 0 atom stereocenters. The summed E-state index contributed by atoms with van der Waals surface area (Å²) in [4.78, 5) is 30.7. The number of nitrogens with zero attached hydrogens (tertiary/aromatic N) is 2. The van der Waals surface area contributed by atoms with Gasteiger partial charge in [-0.3, -0.25) is 14.5 Å². The largest absolute Gasteiger partial charge is 0.496 e.